The molecule has 33 heavy (non-hydrogen) atoms. The number of hydrogen-bond acceptors (Lipinski definition) is 6. The summed E-state index contributed by atoms with van der Waals surface area (Å²) in [5.41, 5.74) is 4.21. The lowest BCUT2D eigenvalue weighted by molar-refractivity contribution is -0.948. The minimum atomic E-state index is 0.203. The van der Waals surface area contributed by atoms with Crippen LogP contribution in [0.3, 0.4) is 0 Å². The summed E-state index contributed by atoms with van der Waals surface area (Å²) in [5, 5.41) is 2.49. The standard InChI is InChI=1S/C24H28N7OS/c1-19-16-30(21-4-6-25-7-5-21)24(26-19)27-8-10-29(11-9-27)31-13-2-3-22(31)15-20(17-31)23(32)28-12-14-33-18-28/h2-7,13,15-16H,8-12,14,17-18H2,1H3/q+1/t31-/m1/s1. The third kappa shape index (κ3) is 3.51. The van der Waals surface area contributed by atoms with Crippen LogP contribution in [-0.2, 0) is 4.79 Å². The number of pyridine rings is 1. The molecule has 4 aliphatic rings. The van der Waals surface area contributed by atoms with Crippen molar-refractivity contribution in [2.24, 2.45) is 0 Å². The van der Waals surface area contributed by atoms with Gasteiger partial charge >= 0.3 is 0 Å². The molecule has 6 heterocycles. The predicted octanol–water partition coefficient (Wildman–Crippen LogP) is 2.31. The van der Waals surface area contributed by atoms with Crippen molar-refractivity contribution in [1.82, 2.24) is 24.4 Å². The zero-order chi connectivity index (χ0) is 22.4. The molecule has 9 heteroatoms. The van der Waals surface area contributed by atoms with Gasteiger partial charge in [0.25, 0.3) is 5.91 Å². The van der Waals surface area contributed by atoms with E-state index in [2.05, 4.69) is 50.1 Å². The van der Waals surface area contributed by atoms with Crippen LogP contribution in [0.2, 0.25) is 0 Å². The maximum absolute atomic E-state index is 13.1. The lowest BCUT2D eigenvalue weighted by atomic mass is 10.2. The Morgan fingerprint density at radius 3 is 2.70 bits per heavy atom. The highest BCUT2D eigenvalue weighted by Crippen LogP contribution is 2.38. The zero-order valence-electron chi connectivity index (χ0n) is 18.8. The highest BCUT2D eigenvalue weighted by Gasteiger charge is 2.48. The lowest BCUT2D eigenvalue weighted by Gasteiger charge is -2.44. The van der Waals surface area contributed by atoms with E-state index in [0.717, 1.165) is 67.3 Å². The molecule has 2 fully saturated rings. The molecule has 0 N–H and O–H groups in total. The van der Waals surface area contributed by atoms with Gasteiger partial charge in [0, 0.05) is 56.1 Å². The first kappa shape index (κ1) is 20.7. The Labute approximate surface area is 198 Å². The molecule has 2 aromatic rings. The number of carbonyl (C=O) groups is 1. The molecule has 0 bridgehead atoms. The van der Waals surface area contributed by atoms with Crippen LogP contribution in [0.15, 0.2) is 66.4 Å². The van der Waals surface area contributed by atoms with E-state index in [1.807, 2.05) is 48.1 Å². The molecule has 6 rings (SSSR count). The van der Waals surface area contributed by atoms with E-state index in [1.165, 1.54) is 5.70 Å². The minimum absolute atomic E-state index is 0.203. The first-order valence-electron chi connectivity index (χ1n) is 11.5. The Balaban J connectivity index is 1.18. The molecule has 0 aliphatic carbocycles. The summed E-state index contributed by atoms with van der Waals surface area (Å²) >= 11 is 1.83. The molecule has 0 aromatic carbocycles. The number of piperazine rings is 1. The number of aromatic nitrogens is 3. The van der Waals surface area contributed by atoms with Gasteiger partial charge in [-0.25, -0.2) is 4.98 Å². The van der Waals surface area contributed by atoms with Crippen molar-refractivity contribution in [3.8, 4) is 5.69 Å². The van der Waals surface area contributed by atoms with Crippen LogP contribution in [0.4, 0.5) is 5.95 Å². The number of rotatable bonds is 4. The number of amides is 1. The average molecular weight is 463 g/mol. The van der Waals surface area contributed by atoms with Crippen LogP contribution < -0.4 is 4.90 Å². The monoisotopic (exact) mass is 462 g/mol. The first-order valence-corrected chi connectivity index (χ1v) is 12.6. The summed E-state index contributed by atoms with van der Waals surface area (Å²) in [6.45, 7) is 7.18. The Morgan fingerprint density at radius 1 is 1.12 bits per heavy atom. The van der Waals surface area contributed by atoms with E-state index >= 15 is 0 Å². The minimum Gasteiger partial charge on any atom is -0.339 e. The number of quaternary nitrogens is 1. The van der Waals surface area contributed by atoms with Crippen molar-refractivity contribution in [3.05, 3.63) is 72.1 Å². The molecule has 0 spiro atoms. The van der Waals surface area contributed by atoms with E-state index in [0.29, 0.717) is 11.1 Å². The van der Waals surface area contributed by atoms with Crippen LogP contribution in [0.25, 0.3) is 5.69 Å². The van der Waals surface area contributed by atoms with Crippen LogP contribution in [0.5, 0.6) is 0 Å². The van der Waals surface area contributed by atoms with Crippen LogP contribution >= 0.6 is 11.8 Å². The fourth-order valence-corrected chi connectivity index (χ4v) is 6.15. The highest BCUT2D eigenvalue weighted by molar-refractivity contribution is 7.99. The number of allylic oxidation sites excluding steroid dienone is 3. The van der Waals surface area contributed by atoms with Gasteiger partial charge in [-0.1, -0.05) is 0 Å². The molecule has 0 unspecified atom stereocenters. The fourth-order valence-electron chi connectivity index (χ4n) is 5.21. The zero-order valence-corrected chi connectivity index (χ0v) is 19.6. The summed E-state index contributed by atoms with van der Waals surface area (Å²) in [5.74, 6) is 3.04. The summed E-state index contributed by atoms with van der Waals surface area (Å²) in [7, 11) is 0. The molecule has 0 radical (unpaired) electrons. The maximum atomic E-state index is 13.1. The second-order valence-electron chi connectivity index (χ2n) is 8.89. The Kier molecular flexibility index (Phi) is 5.12. The molecule has 0 saturated carbocycles. The van der Waals surface area contributed by atoms with Gasteiger partial charge in [0.1, 0.15) is 12.7 Å². The summed E-state index contributed by atoms with van der Waals surface area (Å²) < 4.78 is 2.80. The summed E-state index contributed by atoms with van der Waals surface area (Å²) in [6.07, 6.45) is 14.4. The molecule has 8 nitrogen and oxygen atoms in total. The van der Waals surface area contributed by atoms with E-state index in [1.54, 1.807) is 0 Å². The maximum Gasteiger partial charge on any atom is 0.256 e. The van der Waals surface area contributed by atoms with Crippen molar-refractivity contribution in [3.63, 3.8) is 0 Å². The van der Waals surface area contributed by atoms with Gasteiger partial charge in [-0.15, -0.1) is 16.8 Å². The first-order chi connectivity index (χ1) is 16.1. The number of nitrogens with zero attached hydrogens (tertiary/aromatic N) is 7. The normalized spacial score (nSPS) is 24.9. The third-order valence-electron chi connectivity index (χ3n) is 6.89. The second kappa shape index (κ2) is 8.16. The fraction of sp³-hybridized carbons (Fsp3) is 0.375. The number of fused-ring (bicyclic) bond motifs is 1. The van der Waals surface area contributed by atoms with E-state index in [4.69, 9.17) is 4.98 Å². The third-order valence-corrected chi connectivity index (χ3v) is 7.85. The van der Waals surface area contributed by atoms with Gasteiger partial charge in [0.15, 0.2) is 5.70 Å². The Hall–Kier alpha value is -2.88. The van der Waals surface area contributed by atoms with Crippen LogP contribution in [0.1, 0.15) is 5.69 Å². The molecule has 2 aromatic heterocycles. The van der Waals surface area contributed by atoms with Crippen molar-refractivity contribution in [1.29, 1.82) is 0 Å². The van der Waals surface area contributed by atoms with Gasteiger partial charge in [0.2, 0.25) is 5.95 Å². The number of hydrogen-bond donors (Lipinski definition) is 0. The van der Waals surface area contributed by atoms with Gasteiger partial charge in [0.05, 0.1) is 35.9 Å². The molecule has 1 atom stereocenters. The number of anilines is 1. The highest BCUT2D eigenvalue weighted by atomic mass is 32.2. The smallest absolute Gasteiger partial charge is 0.256 e. The van der Waals surface area contributed by atoms with E-state index < -0.39 is 0 Å². The number of carbonyl (C=O) groups excluding carboxylic acids is 1. The van der Waals surface area contributed by atoms with Crippen molar-refractivity contribution < 1.29 is 9.39 Å². The Bertz CT molecular complexity index is 1160. The molecule has 1 amide bonds. The van der Waals surface area contributed by atoms with E-state index in [9.17, 15) is 4.79 Å². The van der Waals surface area contributed by atoms with Crippen molar-refractivity contribution >= 4 is 23.6 Å². The molecule has 170 valence electrons. The van der Waals surface area contributed by atoms with Crippen molar-refractivity contribution in [2.45, 2.75) is 6.92 Å². The lowest BCUT2D eigenvalue weighted by Crippen LogP contribution is -2.60. The van der Waals surface area contributed by atoms with Gasteiger partial charge in [-0.05, 0) is 25.1 Å². The number of aryl methyl sites for hydroxylation is 1. The van der Waals surface area contributed by atoms with E-state index in [-0.39, 0.29) is 5.91 Å². The number of imidazole rings is 1. The molecule has 4 aliphatic heterocycles. The van der Waals surface area contributed by atoms with Crippen molar-refractivity contribution in [2.75, 3.05) is 55.8 Å². The second-order valence-corrected chi connectivity index (χ2v) is 9.97. The Morgan fingerprint density at radius 2 is 1.94 bits per heavy atom. The molecular weight excluding hydrogens is 434 g/mol. The quantitative estimate of drug-likeness (QED) is 0.650. The number of thioether (sulfide) groups is 1. The van der Waals surface area contributed by atoms with Gasteiger partial charge < -0.3 is 9.80 Å². The average Bonchev–Trinajstić information content (AvgIpc) is 3.62. The van der Waals surface area contributed by atoms with Gasteiger partial charge in [-0.2, -0.15) is 4.59 Å². The summed E-state index contributed by atoms with van der Waals surface area (Å²) in [4.78, 5) is 26.4. The SMILES string of the molecule is Cc1cn(-c2ccncc2)c(N2CCN([N@@+]34C=CC=C3C=C(C(=O)N3CCSC3)C4)CC2)n1. The summed E-state index contributed by atoms with van der Waals surface area (Å²) in [6, 6.07) is 4.03. The van der Waals surface area contributed by atoms with Crippen LogP contribution in [-0.4, -0.2) is 85.8 Å². The molecular formula is C24H28N7OS+. The topological polar surface area (TPSA) is 57.5 Å². The van der Waals surface area contributed by atoms with Crippen LogP contribution in [0, 0.1) is 6.92 Å². The van der Waals surface area contributed by atoms with Gasteiger partial charge in [-0.3, -0.25) is 14.3 Å². The predicted molar refractivity (Wildman–Crippen MR) is 129 cm³/mol. The largest absolute Gasteiger partial charge is 0.339 e. The molecule has 2 saturated heterocycles.